The van der Waals surface area contributed by atoms with Crippen molar-refractivity contribution in [2.75, 3.05) is 0 Å². The van der Waals surface area contributed by atoms with Crippen molar-refractivity contribution in [2.45, 2.75) is 23.7 Å². The summed E-state index contributed by atoms with van der Waals surface area (Å²) < 4.78 is 5.22. The molecule has 2 rings (SSSR count). The van der Waals surface area contributed by atoms with Gasteiger partial charge in [-0.3, -0.25) is 0 Å². The first-order valence-electron chi connectivity index (χ1n) is 4.10. The summed E-state index contributed by atoms with van der Waals surface area (Å²) in [7, 11) is 0. The van der Waals surface area contributed by atoms with Crippen molar-refractivity contribution in [1.82, 2.24) is 0 Å². The Morgan fingerprint density at radius 2 is 2.00 bits per heavy atom. The lowest BCUT2D eigenvalue weighted by Gasteiger charge is -2.29. The van der Waals surface area contributed by atoms with Crippen LogP contribution < -0.4 is 0 Å². The Morgan fingerprint density at radius 1 is 1.31 bits per heavy atom. The van der Waals surface area contributed by atoms with Gasteiger partial charge in [0.2, 0.25) is 0 Å². The predicted molar refractivity (Wildman–Crippen MR) is 51.8 cm³/mol. The zero-order chi connectivity index (χ0) is 9.47. The van der Waals surface area contributed by atoms with E-state index in [2.05, 4.69) is 0 Å². The SMILES string of the molecule is CC1(C)OC(=O)c2ccccc2S1. The standard InChI is InChI=1S/C10H10O2S/c1-10(2)12-9(11)7-5-3-4-6-8(7)13-10/h3-6H,1-2H3. The normalized spacial score (nSPS) is 19.1. The van der Waals surface area contributed by atoms with E-state index in [-0.39, 0.29) is 5.97 Å². The molecule has 0 saturated heterocycles. The fraction of sp³-hybridized carbons (Fsp3) is 0.300. The summed E-state index contributed by atoms with van der Waals surface area (Å²) in [4.78, 5) is 12.0. The molecule has 0 bridgehead atoms. The van der Waals surface area contributed by atoms with E-state index in [4.69, 9.17) is 4.74 Å². The number of benzene rings is 1. The number of hydrogen-bond donors (Lipinski definition) is 0. The van der Waals surface area contributed by atoms with Crippen LogP contribution in [-0.2, 0) is 4.74 Å². The molecule has 0 unspecified atom stereocenters. The molecule has 0 aromatic heterocycles. The number of ether oxygens (including phenoxy) is 1. The number of rotatable bonds is 0. The zero-order valence-corrected chi connectivity index (χ0v) is 8.35. The lowest BCUT2D eigenvalue weighted by atomic mass is 10.2. The summed E-state index contributed by atoms with van der Waals surface area (Å²) in [5.74, 6) is -0.223. The van der Waals surface area contributed by atoms with Gasteiger partial charge < -0.3 is 4.74 Å². The first kappa shape index (κ1) is 8.63. The van der Waals surface area contributed by atoms with Gasteiger partial charge in [0.1, 0.15) is 0 Å². The molecule has 68 valence electrons. The molecule has 1 aliphatic heterocycles. The fourth-order valence-corrected chi connectivity index (χ4v) is 2.34. The number of cyclic esters (lactones) is 1. The molecule has 1 aromatic rings. The molecule has 1 aliphatic rings. The van der Waals surface area contributed by atoms with E-state index >= 15 is 0 Å². The number of esters is 1. The Morgan fingerprint density at radius 3 is 2.77 bits per heavy atom. The first-order chi connectivity index (χ1) is 6.08. The Kier molecular flexibility index (Phi) is 1.84. The number of carbonyl (C=O) groups excluding carboxylic acids is 1. The Bertz CT molecular complexity index is 358. The van der Waals surface area contributed by atoms with Crippen molar-refractivity contribution < 1.29 is 9.53 Å². The number of hydrogen-bond acceptors (Lipinski definition) is 3. The van der Waals surface area contributed by atoms with Gasteiger partial charge >= 0.3 is 5.97 Å². The van der Waals surface area contributed by atoms with Crippen LogP contribution in [0.2, 0.25) is 0 Å². The molecular formula is C10H10O2S. The third kappa shape index (κ3) is 1.56. The van der Waals surface area contributed by atoms with Crippen LogP contribution in [0.3, 0.4) is 0 Å². The molecule has 1 heterocycles. The molecule has 0 N–H and O–H groups in total. The molecule has 1 aromatic carbocycles. The van der Waals surface area contributed by atoms with Crippen molar-refractivity contribution in [1.29, 1.82) is 0 Å². The van der Waals surface area contributed by atoms with Gasteiger partial charge in [-0.1, -0.05) is 23.9 Å². The minimum absolute atomic E-state index is 0.223. The number of thioether (sulfide) groups is 1. The highest BCUT2D eigenvalue weighted by Gasteiger charge is 2.32. The smallest absolute Gasteiger partial charge is 0.340 e. The predicted octanol–water partition coefficient (Wildman–Crippen LogP) is 2.69. The lowest BCUT2D eigenvalue weighted by molar-refractivity contribution is 0.0275. The maximum atomic E-state index is 11.5. The van der Waals surface area contributed by atoms with E-state index in [9.17, 15) is 4.79 Å². The van der Waals surface area contributed by atoms with E-state index in [1.807, 2.05) is 32.0 Å². The quantitative estimate of drug-likeness (QED) is 0.594. The second kappa shape index (κ2) is 2.77. The highest BCUT2D eigenvalue weighted by atomic mass is 32.2. The lowest BCUT2D eigenvalue weighted by Crippen LogP contribution is -2.28. The van der Waals surface area contributed by atoms with Crippen molar-refractivity contribution in [2.24, 2.45) is 0 Å². The van der Waals surface area contributed by atoms with Gasteiger partial charge in [0.05, 0.1) is 5.56 Å². The van der Waals surface area contributed by atoms with E-state index in [0.29, 0.717) is 5.56 Å². The van der Waals surface area contributed by atoms with Gasteiger partial charge in [-0.15, -0.1) is 0 Å². The van der Waals surface area contributed by atoms with Crippen LogP contribution in [0.1, 0.15) is 24.2 Å². The monoisotopic (exact) mass is 194 g/mol. The molecule has 0 aliphatic carbocycles. The maximum Gasteiger partial charge on any atom is 0.340 e. The molecule has 0 atom stereocenters. The van der Waals surface area contributed by atoms with Crippen molar-refractivity contribution in [3.05, 3.63) is 29.8 Å². The van der Waals surface area contributed by atoms with Gasteiger partial charge in [-0.2, -0.15) is 0 Å². The third-order valence-corrected chi connectivity index (χ3v) is 2.95. The average molecular weight is 194 g/mol. The van der Waals surface area contributed by atoms with Crippen LogP contribution in [0.25, 0.3) is 0 Å². The molecule has 0 fully saturated rings. The van der Waals surface area contributed by atoms with Crippen molar-refractivity contribution in [3.63, 3.8) is 0 Å². The minimum Gasteiger partial charge on any atom is -0.445 e. The van der Waals surface area contributed by atoms with Gasteiger partial charge in [0.25, 0.3) is 0 Å². The Balaban J connectivity index is 2.49. The second-order valence-electron chi connectivity index (χ2n) is 3.39. The van der Waals surface area contributed by atoms with Gasteiger partial charge in [-0.05, 0) is 26.0 Å². The largest absolute Gasteiger partial charge is 0.445 e. The van der Waals surface area contributed by atoms with E-state index in [1.165, 1.54) is 0 Å². The Hall–Kier alpha value is -0.960. The fourth-order valence-electron chi connectivity index (χ4n) is 1.29. The highest BCUT2D eigenvalue weighted by molar-refractivity contribution is 8.00. The highest BCUT2D eigenvalue weighted by Crippen LogP contribution is 2.40. The molecule has 0 amide bonds. The van der Waals surface area contributed by atoms with E-state index in [0.717, 1.165) is 4.90 Å². The van der Waals surface area contributed by atoms with E-state index in [1.54, 1.807) is 17.8 Å². The summed E-state index contributed by atoms with van der Waals surface area (Å²) in [5.41, 5.74) is 0.673. The van der Waals surface area contributed by atoms with Gasteiger partial charge in [0.15, 0.2) is 4.93 Å². The van der Waals surface area contributed by atoms with Crippen LogP contribution in [-0.4, -0.2) is 10.9 Å². The molecule has 0 saturated carbocycles. The second-order valence-corrected chi connectivity index (χ2v) is 5.01. The summed E-state index contributed by atoms with van der Waals surface area (Å²) in [6.07, 6.45) is 0. The van der Waals surface area contributed by atoms with Crippen molar-refractivity contribution in [3.8, 4) is 0 Å². The minimum atomic E-state index is -0.439. The molecule has 0 spiro atoms. The van der Waals surface area contributed by atoms with Crippen molar-refractivity contribution >= 4 is 17.7 Å². The third-order valence-electron chi connectivity index (χ3n) is 1.80. The maximum absolute atomic E-state index is 11.5. The molecule has 3 heteroatoms. The topological polar surface area (TPSA) is 26.3 Å². The van der Waals surface area contributed by atoms with E-state index < -0.39 is 4.93 Å². The van der Waals surface area contributed by atoms with Gasteiger partial charge in [-0.25, -0.2) is 4.79 Å². The van der Waals surface area contributed by atoms with Gasteiger partial charge in [0, 0.05) is 4.90 Å². The summed E-state index contributed by atoms with van der Waals surface area (Å²) in [6.45, 7) is 3.79. The summed E-state index contributed by atoms with van der Waals surface area (Å²) >= 11 is 1.57. The molecule has 0 radical (unpaired) electrons. The number of fused-ring (bicyclic) bond motifs is 1. The summed E-state index contributed by atoms with van der Waals surface area (Å²) in [5, 5.41) is 0. The van der Waals surface area contributed by atoms with Crippen LogP contribution in [0.5, 0.6) is 0 Å². The van der Waals surface area contributed by atoms with Crippen LogP contribution in [0.15, 0.2) is 29.2 Å². The Labute approximate surface area is 81.3 Å². The van der Waals surface area contributed by atoms with Crippen LogP contribution in [0.4, 0.5) is 0 Å². The summed E-state index contributed by atoms with van der Waals surface area (Å²) in [6, 6.07) is 7.52. The molecular weight excluding hydrogens is 184 g/mol. The zero-order valence-electron chi connectivity index (χ0n) is 7.53. The average Bonchev–Trinajstić information content (AvgIpc) is 2.02. The molecule has 2 nitrogen and oxygen atoms in total. The number of carbonyl (C=O) groups is 1. The molecule has 13 heavy (non-hydrogen) atoms. The van der Waals surface area contributed by atoms with Crippen LogP contribution >= 0.6 is 11.8 Å². The first-order valence-corrected chi connectivity index (χ1v) is 4.91. The van der Waals surface area contributed by atoms with Crippen LogP contribution in [0, 0.1) is 0 Å².